The number of fused-ring (bicyclic) bond motifs is 1. The molecular formula is C24H25N3O2. The van der Waals surface area contributed by atoms with Crippen LogP contribution < -0.4 is 10.6 Å². The maximum absolute atomic E-state index is 12.9. The number of amides is 1. The van der Waals surface area contributed by atoms with E-state index in [2.05, 4.69) is 23.6 Å². The molecule has 29 heavy (non-hydrogen) atoms. The average molecular weight is 387 g/mol. The molecule has 4 rings (SSSR count). The first-order chi connectivity index (χ1) is 14.1. The Labute approximate surface area is 170 Å². The first-order valence-corrected chi connectivity index (χ1v) is 10.0. The van der Waals surface area contributed by atoms with Gasteiger partial charge in [0.15, 0.2) is 0 Å². The largest absolute Gasteiger partial charge is 0.366 e. The highest BCUT2D eigenvalue weighted by atomic mass is 16.2. The van der Waals surface area contributed by atoms with Crippen LogP contribution in [0.25, 0.3) is 10.9 Å². The molecule has 1 fully saturated rings. The Balaban J connectivity index is 2.00. The van der Waals surface area contributed by atoms with E-state index in [9.17, 15) is 9.59 Å². The number of benzene rings is 2. The molecule has 0 radical (unpaired) electrons. The van der Waals surface area contributed by atoms with E-state index in [4.69, 9.17) is 5.73 Å². The quantitative estimate of drug-likeness (QED) is 0.669. The van der Waals surface area contributed by atoms with Gasteiger partial charge in [0, 0.05) is 36.0 Å². The predicted molar refractivity (Wildman–Crippen MR) is 117 cm³/mol. The van der Waals surface area contributed by atoms with Crippen molar-refractivity contribution >= 4 is 28.5 Å². The maximum atomic E-state index is 12.9. The molecule has 1 saturated heterocycles. The summed E-state index contributed by atoms with van der Waals surface area (Å²) < 4.78 is 1.75. The van der Waals surface area contributed by atoms with Crippen molar-refractivity contribution in [1.82, 2.24) is 4.57 Å². The van der Waals surface area contributed by atoms with Crippen molar-refractivity contribution in [2.24, 2.45) is 5.73 Å². The van der Waals surface area contributed by atoms with E-state index in [1.54, 1.807) is 10.6 Å². The van der Waals surface area contributed by atoms with Gasteiger partial charge < -0.3 is 10.6 Å². The molecule has 5 heteroatoms. The summed E-state index contributed by atoms with van der Waals surface area (Å²) in [6, 6.07) is 15.5. The lowest BCUT2D eigenvalue weighted by molar-refractivity contribution is 0.0973. The summed E-state index contributed by atoms with van der Waals surface area (Å²) in [5, 5.41) is 0.890. The molecule has 0 bridgehead atoms. The number of hydrogen-bond donors (Lipinski definition) is 1. The molecule has 1 aromatic heterocycles. The highest BCUT2D eigenvalue weighted by molar-refractivity contribution is 6.06. The van der Waals surface area contributed by atoms with Crippen LogP contribution in [0, 0.1) is 0 Å². The fourth-order valence-electron chi connectivity index (χ4n) is 4.22. The Morgan fingerprint density at radius 1 is 1.03 bits per heavy atom. The number of aromatic nitrogens is 1. The molecule has 0 saturated carbocycles. The van der Waals surface area contributed by atoms with E-state index in [1.165, 1.54) is 12.5 Å². The molecule has 148 valence electrons. The highest BCUT2D eigenvalue weighted by Gasteiger charge is 2.26. The first kappa shape index (κ1) is 19.0. The average Bonchev–Trinajstić information content (AvgIpc) is 3.08. The van der Waals surface area contributed by atoms with Crippen LogP contribution in [0.15, 0.2) is 61.2 Å². The summed E-state index contributed by atoms with van der Waals surface area (Å²) in [6.45, 7) is 5.52. The number of nitrogens with zero attached hydrogens (tertiary/aromatic N) is 2. The number of anilines is 1. The van der Waals surface area contributed by atoms with Crippen LogP contribution in [0.1, 0.15) is 45.5 Å². The summed E-state index contributed by atoms with van der Waals surface area (Å²) in [4.78, 5) is 27.0. The minimum absolute atomic E-state index is 0.165. The molecule has 2 heterocycles. The van der Waals surface area contributed by atoms with Crippen molar-refractivity contribution in [3.63, 3.8) is 0 Å². The number of carbonyl (C=O) groups excluding carboxylic acids is 2. The van der Waals surface area contributed by atoms with Gasteiger partial charge in [0.2, 0.25) is 5.91 Å². The van der Waals surface area contributed by atoms with Gasteiger partial charge in [-0.25, -0.2) is 0 Å². The minimum Gasteiger partial charge on any atom is -0.366 e. The van der Waals surface area contributed by atoms with E-state index in [0.717, 1.165) is 53.8 Å². The SMILES string of the molecule is C=CC(=O)n1c(N2CCCCC2)c(Cc2ccccc2)c2cc(C(N)=O)ccc21. The van der Waals surface area contributed by atoms with E-state index in [1.807, 2.05) is 30.3 Å². The van der Waals surface area contributed by atoms with Gasteiger partial charge in [0.05, 0.1) is 5.52 Å². The van der Waals surface area contributed by atoms with Gasteiger partial charge in [-0.3, -0.25) is 14.2 Å². The maximum Gasteiger partial charge on any atom is 0.256 e. The number of nitrogens with two attached hydrogens (primary N) is 1. The van der Waals surface area contributed by atoms with Crippen LogP contribution in [0.4, 0.5) is 5.82 Å². The van der Waals surface area contributed by atoms with Gasteiger partial charge in [-0.15, -0.1) is 0 Å². The lowest BCUT2D eigenvalue weighted by atomic mass is 10.0. The molecule has 1 aliphatic rings. The number of primary amides is 1. The molecule has 0 unspecified atom stereocenters. The first-order valence-electron chi connectivity index (χ1n) is 10.0. The van der Waals surface area contributed by atoms with Crippen LogP contribution in [-0.4, -0.2) is 29.5 Å². The number of hydrogen-bond acceptors (Lipinski definition) is 3. The predicted octanol–water partition coefficient (Wildman–Crippen LogP) is 4.15. The Morgan fingerprint density at radius 2 is 1.76 bits per heavy atom. The molecule has 0 atom stereocenters. The second-order valence-corrected chi connectivity index (χ2v) is 7.49. The summed E-state index contributed by atoms with van der Waals surface area (Å²) in [5.74, 6) is 0.275. The standard InChI is InChI=1S/C24H25N3O2/c1-2-22(28)27-21-12-11-18(23(25)29)16-19(21)20(15-17-9-5-3-6-10-17)24(27)26-13-7-4-8-14-26/h2-3,5-6,9-12,16H,1,4,7-8,13-15H2,(H2,25,29). The number of piperidine rings is 1. The van der Waals surface area contributed by atoms with Gasteiger partial charge >= 0.3 is 0 Å². The summed E-state index contributed by atoms with van der Waals surface area (Å²) in [6.07, 6.45) is 5.41. The Morgan fingerprint density at radius 3 is 2.41 bits per heavy atom. The Bertz CT molecular complexity index is 1080. The minimum atomic E-state index is -0.472. The van der Waals surface area contributed by atoms with E-state index < -0.39 is 5.91 Å². The molecule has 1 amide bonds. The van der Waals surface area contributed by atoms with Gasteiger partial charge in [-0.2, -0.15) is 0 Å². The molecule has 0 spiro atoms. The van der Waals surface area contributed by atoms with Crippen molar-refractivity contribution in [1.29, 1.82) is 0 Å². The molecule has 3 aromatic rings. The number of allylic oxidation sites excluding steroid dienone is 1. The van der Waals surface area contributed by atoms with Gasteiger partial charge in [0.25, 0.3) is 5.91 Å². The second kappa shape index (κ2) is 7.95. The fraction of sp³-hybridized carbons (Fsp3) is 0.250. The Kier molecular flexibility index (Phi) is 5.21. The number of carbonyl (C=O) groups is 2. The Hall–Kier alpha value is -3.34. The van der Waals surface area contributed by atoms with Crippen LogP contribution in [0.5, 0.6) is 0 Å². The number of rotatable bonds is 5. The van der Waals surface area contributed by atoms with Crippen molar-refractivity contribution in [3.05, 3.63) is 77.9 Å². The van der Waals surface area contributed by atoms with E-state index >= 15 is 0 Å². The van der Waals surface area contributed by atoms with Crippen LogP contribution in [0.2, 0.25) is 0 Å². The summed E-state index contributed by atoms with van der Waals surface area (Å²) >= 11 is 0. The van der Waals surface area contributed by atoms with Crippen molar-refractivity contribution in [2.75, 3.05) is 18.0 Å². The van der Waals surface area contributed by atoms with Crippen LogP contribution in [-0.2, 0) is 6.42 Å². The molecule has 5 nitrogen and oxygen atoms in total. The lowest BCUT2D eigenvalue weighted by Gasteiger charge is -2.30. The summed E-state index contributed by atoms with van der Waals surface area (Å²) in [7, 11) is 0. The second-order valence-electron chi connectivity index (χ2n) is 7.49. The molecule has 0 aliphatic carbocycles. The van der Waals surface area contributed by atoms with Crippen LogP contribution in [0.3, 0.4) is 0 Å². The fourth-order valence-corrected chi connectivity index (χ4v) is 4.22. The molecule has 1 aliphatic heterocycles. The monoisotopic (exact) mass is 387 g/mol. The normalized spacial score (nSPS) is 14.1. The van der Waals surface area contributed by atoms with E-state index in [-0.39, 0.29) is 5.91 Å². The topological polar surface area (TPSA) is 68.3 Å². The van der Waals surface area contributed by atoms with Crippen molar-refractivity contribution < 1.29 is 9.59 Å². The third-order valence-corrected chi connectivity index (χ3v) is 5.60. The zero-order valence-electron chi connectivity index (χ0n) is 16.4. The van der Waals surface area contributed by atoms with Gasteiger partial charge in [0.1, 0.15) is 5.82 Å². The van der Waals surface area contributed by atoms with Crippen molar-refractivity contribution in [3.8, 4) is 0 Å². The van der Waals surface area contributed by atoms with E-state index in [0.29, 0.717) is 12.0 Å². The van der Waals surface area contributed by atoms with Gasteiger partial charge in [-0.1, -0.05) is 36.9 Å². The highest BCUT2D eigenvalue weighted by Crippen LogP contribution is 2.36. The summed E-state index contributed by atoms with van der Waals surface area (Å²) in [5.41, 5.74) is 8.97. The lowest BCUT2D eigenvalue weighted by Crippen LogP contribution is -2.33. The molecule has 2 aromatic carbocycles. The van der Waals surface area contributed by atoms with Crippen LogP contribution >= 0.6 is 0 Å². The molecular weight excluding hydrogens is 362 g/mol. The molecule has 2 N–H and O–H groups in total. The van der Waals surface area contributed by atoms with Crippen molar-refractivity contribution in [2.45, 2.75) is 25.7 Å². The smallest absolute Gasteiger partial charge is 0.256 e. The third kappa shape index (κ3) is 3.56. The third-order valence-electron chi connectivity index (χ3n) is 5.60. The van der Waals surface area contributed by atoms with Gasteiger partial charge in [-0.05, 0) is 49.1 Å². The zero-order valence-corrected chi connectivity index (χ0v) is 16.4. The zero-order chi connectivity index (χ0) is 20.4.